The van der Waals surface area contributed by atoms with E-state index in [9.17, 15) is 0 Å². The summed E-state index contributed by atoms with van der Waals surface area (Å²) in [6, 6.07) is 0. The maximum atomic E-state index is 0. The minimum absolute atomic E-state index is 0. The van der Waals surface area contributed by atoms with E-state index in [1.165, 1.54) is 0 Å². The van der Waals surface area contributed by atoms with Crippen molar-refractivity contribution in [1.29, 1.82) is 0 Å². The van der Waals surface area contributed by atoms with Gasteiger partial charge in [0.25, 0.3) is 0 Å². The van der Waals surface area contributed by atoms with E-state index in [4.69, 9.17) is 0 Å². The predicted molar refractivity (Wildman–Crippen MR) is 22.3 cm³/mol. The Bertz CT molecular complexity index is 4.85. The molecule has 5 heavy (non-hydrogen) atoms. The molecule has 0 heterocycles. The van der Waals surface area contributed by atoms with E-state index in [2.05, 4.69) is 0 Å². The van der Waals surface area contributed by atoms with E-state index >= 15 is 0 Å². The second-order valence-electron chi connectivity index (χ2n) is 0. The van der Waals surface area contributed by atoms with Crippen molar-refractivity contribution in [3.8, 4) is 0 Å². The van der Waals surface area contributed by atoms with Gasteiger partial charge in [-0.25, -0.2) is 0 Å². The fourth-order valence-electron chi connectivity index (χ4n) is 0. The summed E-state index contributed by atoms with van der Waals surface area (Å²) in [6.45, 7) is 0. The molecule has 0 bridgehead atoms. The summed E-state index contributed by atoms with van der Waals surface area (Å²) in [5, 5.41) is 0. The minimum Gasteiger partial charge on any atom is -0.412 e. The molecule has 6 N–H and O–H groups in total. The third-order valence-electron chi connectivity index (χ3n) is 0. The van der Waals surface area contributed by atoms with Crippen molar-refractivity contribution >= 4 is 34.7 Å². The molecule has 0 aromatic carbocycles. The minimum atomic E-state index is 0. The monoisotopic (exact) mass is 108 g/mol. The van der Waals surface area contributed by atoms with Crippen molar-refractivity contribution in [2.45, 2.75) is 0 Å². The normalized spacial score (nSPS) is 0. The number of rotatable bonds is 0. The van der Waals surface area contributed by atoms with Crippen LogP contribution in [0.1, 0.15) is 0 Å². The first-order valence-electron chi connectivity index (χ1n) is 0. The average molecular weight is 108 g/mol. The van der Waals surface area contributed by atoms with Crippen LogP contribution in [-0.4, -0.2) is 51.2 Å². The Morgan fingerprint density at radius 2 is 0.400 bits per heavy atom. The molecule has 0 spiro atoms. The second kappa shape index (κ2) is 86.2. The average Bonchev–Trinajstić information content (AvgIpc) is 0. The first-order valence-corrected chi connectivity index (χ1v) is 0. The lowest BCUT2D eigenvalue weighted by Crippen LogP contribution is -0.382. The van der Waals surface area contributed by atoms with Gasteiger partial charge in [0.15, 0.2) is 0 Å². The van der Waals surface area contributed by atoms with Gasteiger partial charge < -0.3 is 16.4 Å². The molecule has 0 unspecified atom stereocenters. The molecule has 0 atom stereocenters. The van der Waals surface area contributed by atoms with Gasteiger partial charge in [-0.1, -0.05) is 0 Å². The second-order valence-corrected chi connectivity index (χ2v) is 0. The summed E-state index contributed by atoms with van der Waals surface area (Å²) in [7, 11) is 0. The van der Waals surface area contributed by atoms with Crippen LogP contribution in [0.4, 0.5) is 0 Å². The van der Waals surface area contributed by atoms with E-state index in [1.807, 2.05) is 0 Å². The molecule has 0 aromatic heterocycles. The first-order chi connectivity index (χ1) is 0. The third kappa shape index (κ3) is 48.0. The summed E-state index contributed by atoms with van der Waals surface area (Å²) in [5.41, 5.74) is 0. The number of hydrogen-bond donors (Lipinski definition) is 0. The fraction of sp³-hybridized carbons (Fsp3) is 0. The van der Waals surface area contributed by atoms with Crippen LogP contribution >= 0.6 is 0 Å². The van der Waals surface area contributed by atoms with Crippen LogP contribution in [0.15, 0.2) is 0 Å². The summed E-state index contributed by atoms with van der Waals surface area (Å²) < 4.78 is 0. The summed E-state index contributed by atoms with van der Waals surface area (Å²) in [4.78, 5) is 0. The third-order valence-corrected chi connectivity index (χ3v) is 0. The molecular formula is H6Al2O3. The van der Waals surface area contributed by atoms with E-state index in [1.54, 1.807) is 0 Å². The summed E-state index contributed by atoms with van der Waals surface area (Å²) >= 11 is 0. The molecule has 0 aliphatic heterocycles. The maximum absolute atomic E-state index is 0. The van der Waals surface area contributed by atoms with Gasteiger partial charge in [-0.15, -0.1) is 0 Å². The van der Waals surface area contributed by atoms with E-state index < -0.39 is 0 Å². The zero-order valence-corrected chi connectivity index (χ0v) is 4.96. The van der Waals surface area contributed by atoms with Gasteiger partial charge in [-0.3, -0.25) is 0 Å². The van der Waals surface area contributed by atoms with Crippen molar-refractivity contribution < 1.29 is 16.4 Å². The topological polar surface area (TPSA) is 94.5 Å². The molecule has 0 amide bonds. The van der Waals surface area contributed by atoms with Crippen molar-refractivity contribution in [1.82, 2.24) is 0 Å². The predicted octanol–water partition coefficient (Wildman–Crippen LogP) is -3.24. The van der Waals surface area contributed by atoms with Crippen LogP contribution in [0.2, 0.25) is 0 Å². The zero-order valence-electron chi connectivity index (χ0n) is 2.65. The van der Waals surface area contributed by atoms with Gasteiger partial charge in [-0.05, 0) is 0 Å². The molecule has 30 valence electrons. The fourth-order valence-corrected chi connectivity index (χ4v) is 0. The van der Waals surface area contributed by atoms with E-state index in [0.717, 1.165) is 0 Å². The van der Waals surface area contributed by atoms with Crippen LogP contribution in [-0.2, 0) is 0 Å². The van der Waals surface area contributed by atoms with Gasteiger partial charge in [0, 0.05) is 34.7 Å². The lowest BCUT2D eigenvalue weighted by Gasteiger charge is -0.413. The van der Waals surface area contributed by atoms with Crippen LogP contribution in [0.5, 0.6) is 0 Å². The van der Waals surface area contributed by atoms with Crippen LogP contribution < -0.4 is 0 Å². The van der Waals surface area contributed by atoms with Crippen LogP contribution in [0.3, 0.4) is 0 Å². The summed E-state index contributed by atoms with van der Waals surface area (Å²) in [6.07, 6.45) is 0. The Morgan fingerprint density at radius 3 is 0.400 bits per heavy atom. The van der Waals surface area contributed by atoms with Gasteiger partial charge in [0.2, 0.25) is 0 Å². The van der Waals surface area contributed by atoms with Gasteiger partial charge >= 0.3 is 0 Å². The highest BCUT2D eigenvalue weighted by Crippen LogP contribution is -0.287. The Labute approximate surface area is 51.6 Å². The maximum Gasteiger partial charge on any atom is 0 e. The van der Waals surface area contributed by atoms with E-state index in [-0.39, 0.29) is 51.2 Å². The van der Waals surface area contributed by atoms with Crippen molar-refractivity contribution in [3.63, 3.8) is 0 Å². The largest absolute Gasteiger partial charge is 0.412 e. The highest BCUT2D eigenvalue weighted by molar-refractivity contribution is 5.76. The van der Waals surface area contributed by atoms with Crippen molar-refractivity contribution in [2.75, 3.05) is 0 Å². The molecule has 0 saturated carbocycles. The van der Waals surface area contributed by atoms with Gasteiger partial charge in [-0.2, -0.15) is 0 Å². The summed E-state index contributed by atoms with van der Waals surface area (Å²) in [5.74, 6) is 0. The molecular weight excluding hydrogens is 102 g/mol. The highest BCUT2D eigenvalue weighted by Gasteiger charge is 0.00101. The van der Waals surface area contributed by atoms with Gasteiger partial charge in [0.05, 0.1) is 0 Å². The molecule has 3 nitrogen and oxygen atoms in total. The first kappa shape index (κ1) is 163. The smallest absolute Gasteiger partial charge is 0 e. The van der Waals surface area contributed by atoms with Crippen molar-refractivity contribution in [3.05, 3.63) is 0 Å². The molecule has 0 aliphatic rings. The van der Waals surface area contributed by atoms with Gasteiger partial charge in [0.1, 0.15) is 0 Å². The van der Waals surface area contributed by atoms with E-state index in [0.29, 0.717) is 0 Å². The number of hydrogen-bond acceptors (Lipinski definition) is 0. The van der Waals surface area contributed by atoms with Crippen LogP contribution in [0, 0.1) is 0 Å². The lowest BCUT2D eigenvalue weighted by molar-refractivity contribution is 0.823. The standard InChI is InChI=1S/2Al.3H2O/h;;3*1H2. The molecule has 6 radical (unpaired) electrons. The molecule has 0 fully saturated rings. The Balaban J connectivity index is 0. The molecule has 0 rings (SSSR count). The Hall–Kier alpha value is 0.945. The van der Waals surface area contributed by atoms with Crippen LogP contribution in [0.25, 0.3) is 0 Å². The Morgan fingerprint density at radius 1 is 0.400 bits per heavy atom. The lowest BCUT2D eigenvalue weighted by atomic mass is 16.0. The Kier molecular flexibility index (Phi) is 2810. The molecule has 5 heteroatoms. The molecule has 0 saturated heterocycles. The zero-order chi connectivity index (χ0) is 0. The highest BCUT2D eigenvalue weighted by atomic mass is 27.0. The SMILES string of the molecule is O.O.O.[Al].[Al]. The molecule has 0 aliphatic carbocycles. The molecule has 0 aromatic rings. The quantitative estimate of drug-likeness (QED) is 0.291. The van der Waals surface area contributed by atoms with Crippen molar-refractivity contribution in [2.24, 2.45) is 0 Å².